The summed E-state index contributed by atoms with van der Waals surface area (Å²) in [5, 5.41) is 5.86. The van der Waals surface area contributed by atoms with Crippen LogP contribution in [0.5, 0.6) is 0 Å². The smallest absolute Gasteiger partial charge is 0.233 e. The summed E-state index contributed by atoms with van der Waals surface area (Å²) in [6.45, 7) is 5.94. The molecular weight excluding hydrogens is 200 g/mol. The predicted molar refractivity (Wildman–Crippen MR) is 67.2 cm³/mol. The van der Waals surface area contributed by atoms with Gasteiger partial charge in [-0.15, -0.1) is 0 Å². The molecule has 1 amide bonds. The van der Waals surface area contributed by atoms with Crippen molar-refractivity contribution >= 4 is 5.91 Å². The topological polar surface area (TPSA) is 41.1 Å². The number of nitrogens with one attached hydrogen (secondary N) is 2. The predicted octanol–water partition coefficient (Wildman–Crippen LogP) is 1.78. The number of likely N-dealkylation sites (N-methyl/N-ethyl adjacent to an activating group) is 1. The summed E-state index contributed by atoms with van der Waals surface area (Å²) in [6.07, 6.45) is 5.24. The molecule has 0 radical (unpaired) electrons. The van der Waals surface area contributed by atoms with Gasteiger partial charge >= 0.3 is 0 Å². The van der Waals surface area contributed by atoms with E-state index in [1.807, 2.05) is 0 Å². The minimum atomic E-state index is 0.119. The zero-order valence-corrected chi connectivity index (χ0v) is 10.9. The van der Waals surface area contributed by atoms with Gasteiger partial charge in [0.25, 0.3) is 0 Å². The molecule has 2 N–H and O–H groups in total. The van der Waals surface area contributed by atoms with Gasteiger partial charge in [0.1, 0.15) is 0 Å². The summed E-state index contributed by atoms with van der Waals surface area (Å²) in [7, 11) is 1.80. The number of hydrogen-bond acceptors (Lipinski definition) is 2. The van der Waals surface area contributed by atoms with E-state index in [0.29, 0.717) is 12.5 Å². The molecule has 0 heterocycles. The number of amides is 1. The van der Waals surface area contributed by atoms with E-state index in [1.54, 1.807) is 7.05 Å². The Morgan fingerprint density at radius 1 is 1.25 bits per heavy atom. The van der Waals surface area contributed by atoms with Gasteiger partial charge in [0, 0.05) is 6.54 Å². The first-order valence-electron chi connectivity index (χ1n) is 6.54. The summed E-state index contributed by atoms with van der Waals surface area (Å²) in [6, 6.07) is 0. The van der Waals surface area contributed by atoms with E-state index < -0.39 is 0 Å². The molecule has 16 heavy (non-hydrogen) atoms. The van der Waals surface area contributed by atoms with Crippen LogP contribution in [0.4, 0.5) is 0 Å². The Bertz CT molecular complexity index is 208. The van der Waals surface area contributed by atoms with Crippen LogP contribution in [0.2, 0.25) is 0 Å². The number of carbonyl (C=O) groups excluding carboxylic acids is 1. The molecule has 0 aliphatic heterocycles. The van der Waals surface area contributed by atoms with Crippen molar-refractivity contribution in [3.8, 4) is 0 Å². The van der Waals surface area contributed by atoms with Gasteiger partial charge < -0.3 is 10.6 Å². The van der Waals surface area contributed by atoms with Gasteiger partial charge in [0.05, 0.1) is 6.54 Å². The Balaban J connectivity index is 2.15. The van der Waals surface area contributed by atoms with Crippen LogP contribution in [0.1, 0.15) is 39.5 Å². The third-order valence-corrected chi connectivity index (χ3v) is 3.76. The van der Waals surface area contributed by atoms with Crippen LogP contribution in [0.15, 0.2) is 0 Å². The molecule has 1 aliphatic carbocycles. The highest BCUT2D eigenvalue weighted by atomic mass is 16.1. The SMILES string of the molecule is CNCC(=O)NCC1CCC(C(C)C)CC1. The molecule has 3 heteroatoms. The molecule has 1 fully saturated rings. The van der Waals surface area contributed by atoms with Crippen molar-refractivity contribution in [1.82, 2.24) is 10.6 Å². The van der Waals surface area contributed by atoms with Crippen molar-refractivity contribution in [1.29, 1.82) is 0 Å². The minimum Gasteiger partial charge on any atom is -0.355 e. The van der Waals surface area contributed by atoms with Crippen LogP contribution in [-0.2, 0) is 4.79 Å². The zero-order chi connectivity index (χ0) is 12.0. The second kappa shape index (κ2) is 6.89. The van der Waals surface area contributed by atoms with Gasteiger partial charge in [-0.1, -0.05) is 13.8 Å². The van der Waals surface area contributed by atoms with Gasteiger partial charge in [0.15, 0.2) is 0 Å². The maximum absolute atomic E-state index is 11.3. The van der Waals surface area contributed by atoms with Crippen molar-refractivity contribution in [3.63, 3.8) is 0 Å². The van der Waals surface area contributed by atoms with E-state index in [4.69, 9.17) is 0 Å². The Kier molecular flexibility index (Phi) is 5.81. The molecule has 1 saturated carbocycles. The quantitative estimate of drug-likeness (QED) is 0.750. The van der Waals surface area contributed by atoms with Crippen molar-refractivity contribution < 1.29 is 4.79 Å². The van der Waals surface area contributed by atoms with Gasteiger partial charge in [-0.2, -0.15) is 0 Å². The lowest BCUT2D eigenvalue weighted by atomic mass is 9.77. The number of rotatable bonds is 5. The monoisotopic (exact) mass is 226 g/mol. The Morgan fingerprint density at radius 2 is 1.88 bits per heavy atom. The Morgan fingerprint density at radius 3 is 2.38 bits per heavy atom. The molecule has 1 rings (SSSR count). The average molecular weight is 226 g/mol. The number of carbonyl (C=O) groups is 1. The highest BCUT2D eigenvalue weighted by molar-refractivity contribution is 5.77. The van der Waals surface area contributed by atoms with E-state index in [-0.39, 0.29) is 5.91 Å². The largest absolute Gasteiger partial charge is 0.355 e. The van der Waals surface area contributed by atoms with E-state index in [2.05, 4.69) is 24.5 Å². The summed E-state index contributed by atoms with van der Waals surface area (Å²) in [4.78, 5) is 11.3. The lowest BCUT2D eigenvalue weighted by Gasteiger charge is -2.30. The normalized spacial score (nSPS) is 25.8. The maximum Gasteiger partial charge on any atom is 0.233 e. The van der Waals surface area contributed by atoms with E-state index in [9.17, 15) is 4.79 Å². The maximum atomic E-state index is 11.3. The summed E-state index contributed by atoms with van der Waals surface area (Å²) in [5.74, 6) is 2.55. The van der Waals surface area contributed by atoms with Gasteiger partial charge in [-0.3, -0.25) is 4.79 Å². The summed E-state index contributed by atoms with van der Waals surface area (Å²) in [5.41, 5.74) is 0. The number of hydrogen-bond donors (Lipinski definition) is 2. The average Bonchev–Trinajstić information content (AvgIpc) is 2.27. The zero-order valence-electron chi connectivity index (χ0n) is 10.9. The standard InChI is InChI=1S/C13H26N2O/c1-10(2)12-6-4-11(5-7-12)8-15-13(16)9-14-3/h10-12,14H,4-9H2,1-3H3,(H,15,16). The fourth-order valence-corrected chi connectivity index (χ4v) is 2.54. The molecule has 1 aliphatic rings. The first kappa shape index (κ1) is 13.5. The van der Waals surface area contributed by atoms with Crippen molar-refractivity contribution in [2.75, 3.05) is 20.1 Å². The fraction of sp³-hybridized carbons (Fsp3) is 0.923. The van der Waals surface area contributed by atoms with Gasteiger partial charge in [0.2, 0.25) is 5.91 Å². The first-order chi connectivity index (χ1) is 7.63. The first-order valence-corrected chi connectivity index (χ1v) is 6.54. The third kappa shape index (κ3) is 4.52. The van der Waals surface area contributed by atoms with Crippen molar-refractivity contribution in [2.45, 2.75) is 39.5 Å². The molecule has 0 atom stereocenters. The third-order valence-electron chi connectivity index (χ3n) is 3.76. The molecule has 0 saturated heterocycles. The minimum absolute atomic E-state index is 0.119. The highest BCUT2D eigenvalue weighted by Crippen LogP contribution is 2.32. The second-order valence-corrected chi connectivity index (χ2v) is 5.36. The fourth-order valence-electron chi connectivity index (χ4n) is 2.54. The van der Waals surface area contributed by atoms with Crippen LogP contribution in [0.25, 0.3) is 0 Å². The molecule has 0 aromatic carbocycles. The van der Waals surface area contributed by atoms with Crippen LogP contribution < -0.4 is 10.6 Å². The van der Waals surface area contributed by atoms with Crippen LogP contribution >= 0.6 is 0 Å². The van der Waals surface area contributed by atoms with E-state index in [0.717, 1.165) is 18.4 Å². The van der Waals surface area contributed by atoms with Crippen LogP contribution in [0, 0.1) is 17.8 Å². The molecule has 0 spiro atoms. The lowest BCUT2D eigenvalue weighted by molar-refractivity contribution is -0.120. The molecular formula is C13H26N2O. The van der Waals surface area contributed by atoms with Crippen LogP contribution in [-0.4, -0.2) is 26.0 Å². The summed E-state index contributed by atoms with van der Waals surface area (Å²) < 4.78 is 0. The Hall–Kier alpha value is -0.570. The van der Waals surface area contributed by atoms with Crippen LogP contribution in [0.3, 0.4) is 0 Å². The Labute approximate surface area is 99.4 Å². The van der Waals surface area contributed by atoms with E-state index >= 15 is 0 Å². The molecule has 0 bridgehead atoms. The van der Waals surface area contributed by atoms with Gasteiger partial charge in [-0.05, 0) is 50.5 Å². The molecule has 94 valence electrons. The molecule has 0 unspecified atom stereocenters. The van der Waals surface area contributed by atoms with Crippen molar-refractivity contribution in [3.05, 3.63) is 0 Å². The summed E-state index contributed by atoms with van der Waals surface area (Å²) >= 11 is 0. The molecule has 0 aromatic rings. The second-order valence-electron chi connectivity index (χ2n) is 5.36. The molecule has 0 aromatic heterocycles. The van der Waals surface area contributed by atoms with Gasteiger partial charge in [-0.25, -0.2) is 0 Å². The van der Waals surface area contributed by atoms with Crippen molar-refractivity contribution in [2.24, 2.45) is 17.8 Å². The van der Waals surface area contributed by atoms with E-state index in [1.165, 1.54) is 25.7 Å². The highest BCUT2D eigenvalue weighted by Gasteiger charge is 2.23. The lowest BCUT2D eigenvalue weighted by Crippen LogP contribution is -2.36. The molecule has 3 nitrogen and oxygen atoms in total.